The van der Waals surface area contributed by atoms with Crippen molar-refractivity contribution in [3.63, 3.8) is 0 Å². The summed E-state index contributed by atoms with van der Waals surface area (Å²) in [6.07, 6.45) is -2.98. The van der Waals surface area contributed by atoms with E-state index in [1.54, 1.807) is 0 Å². The van der Waals surface area contributed by atoms with Gasteiger partial charge < -0.3 is 0 Å². The molecule has 2 rings (SSSR count). The Balaban J connectivity index is 2.55. The molecular formula is C11H8Br2F3N3. The van der Waals surface area contributed by atoms with Crippen LogP contribution in [-0.2, 0) is 6.18 Å². The fraction of sp³-hybridized carbons (Fsp3) is 0.273. The van der Waals surface area contributed by atoms with Crippen LogP contribution in [0.15, 0.2) is 28.9 Å². The molecule has 1 unspecified atom stereocenters. The van der Waals surface area contributed by atoms with Crippen LogP contribution in [0.25, 0.3) is 5.69 Å². The molecule has 0 saturated carbocycles. The van der Waals surface area contributed by atoms with Crippen LogP contribution in [0.5, 0.6) is 0 Å². The second kappa shape index (κ2) is 5.24. The molecule has 0 bridgehead atoms. The molecule has 0 aliphatic rings. The number of benzene rings is 1. The third-order valence-corrected chi connectivity index (χ3v) is 3.39. The number of rotatable bonds is 2. The van der Waals surface area contributed by atoms with Crippen molar-refractivity contribution in [2.24, 2.45) is 0 Å². The summed E-state index contributed by atoms with van der Waals surface area (Å²) in [5.41, 5.74) is -0.251. The fourth-order valence-electron chi connectivity index (χ4n) is 1.51. The summed E-state index contributed by atoms with van der Waals surface area (Å²) in [4.78, 5) is -0.0777. The lowest BCUT2D eigenvalue weighted by Gasteiger charge is -2.12. The van der Waals surface area contributed by atoms with Crippen molar-refractivity contribution in [1.29, 1.82) is 0 Å². The summed E-state index contributed by atoms with van der Waals surface area (Å²) in [6, 6.07) is 3.90. The van der Waals surface area contributed by atoms with Gasteiger partial charge in [-0.1, -0.05) is 37.1 Å². The molecule has 1 heterocycles. The van der Waals surface area contributed by atoms with E-state index in [0.717, 1.165) is 10.7 Å². The second-order valence-corrected chi connectivity index (χ2v) is 6.15. The SMILES string of the molecule is CC(Br)c1cn(-c2ccc(Br)cc2C(F)(F)F)nn1. The summed E-state index contributed by atoms with van der Waals surface area (Å²) < 4.78 is 40.4. The quantitative estimate of drug-likeness (QED) is 0.697. The Hall–Kier alpha value is -0.890. The third kappa shape index (κ3) is 3.17. The van der Waals surface area contributed by atoms with Crippen LogP contribution < -0.4 is 0 Å². The first-order chi connectivity index (χ1) is 8.79. The van der Waals surface area contributed by atoms with Gasteiger partial charge in [-0.05, 0) is 25.1 Å². The zero-order valence-electron chi connectivity index (χ0n) is 9.62. The zero-order valence-corrected chi connectivity index (χ0v) is 12.8. The van der Waals surface area contributed by atoms with Gasteiger partial charge in [-0.3, -0.25) is 0 Å². The maximum Gasteiger partial charge on any atom is 0.418 e. The Morgan fingerprint density at radius 2 is 2.00 bits per heavy atom. The summed E-state index contributed by atoms with van der Waals surface area (Å²) >= 11 is 6.33. The average Bonchev–Trinajstić information content (AvgIpc) is 2.77. The average molecular weight is 399 g/mol. The minimum atomic E-state index is -4.45. The molecule has 0 spiro atoms. The van der Waals surface area contributed by atoms with Gasteiger partial charge in [0, 0.05) is 4.47 Å². The molecule has 0 aliphatic carbocycles. The first kappa shape index (κ1) is 14.5. The highest BCUT2D eigenvalue weighted by Gasteiger charge is 2.34. The summed E-state index contributed by atoms with van der Waals surface area (Å²) in [5.74, 6) is 0. The number of hydrogen-bond acceptors (Lipinski definition) is 2. The van der Waals surface area contributed by atoms with E-state index in [0.29, 0.717) is 10.2 Å². The number of alkyl halides is 4. The molecule has 0 saturated heterocycles. The van der Waals surface area contributed by atoms with E-state index in [2.05, 4.69) is 42.2 Å². The topological polar surface area (TPSA) is 30.7 Å². The van der Waals surface area contributed by atoms with Crippen LogP contribution in [0.4, 0.5) is 13.2 Å². The highest BCUT2D eigenvalue weighted by Crippen LogP contribution is 2.35. The van der Waals surface area contributed by atoms with Crippen molar-refractivity contribution in [1.82, 2.24) is 15.0 Å². The van der Waals surface area contributed by atoms with Gasteiger partial charge in [-0.25, -0.2) is 4.68 Å². The minimum absolute atomic E-state index is 0.0531. The van der Waals surface area contributed by atoms with Gasteiger partial charge in [-0.2, -0.15) is 13.2 Å². The number of nitrogens with zero attached hydrogens (tertiary/aromatic N) is 3. The van der Waals surface area contributed by atoms with Crippen LogP contribution >= 0.6 is 31.9 Å². The van der Waals surface area contributed by atoms with E-state index in [4.69, 9.17) is 0 Å². The third-order valence-electron chi connectivity index (χ3n) is 2.43. The molecule has 0 aliphatic heterocycles. The van der Waals surface area contributed by atoms with Gasteiger partial charge in [0.2, 0.25) is 0 Å². The van der Waals surface area contributed by atoms with Crippen LogP contribution in [0.1, 0.15) is 23.0 Å². The largest absolute Gasteiger partial charge is 0.418 e. The predicted octanol–water partition coefficient (Wildman–Crippen LogP) is 4.50. The molecule has 3 nitrogen and oxygen atoms in total. The summed E-state index contributed by atoms with van der Waals surface area (Å²) in [6.45, 7) is 1.82. The molecule has 8 heteroatoms. The highest BCUT2D eigenvalue weighted by atomic mass is 79.9. The molecule has 102 valence electrons. The molecule has 0 amide bonds. The van der Waals surface area contributed by atoms with Gasteiger partial charge in [0.15, 0.2) is 0 Å². The van der Waals surface area contributed by atoms with Crippen LogP contribution in [0.2, 0.25) is 0 Å². The van der Waals surface area contributed by atoms with E-state index in [9.17, 15) is 13.2 Å². The lowest BCUT2D eigenvalue weighted by atomic mass is 10.1. The zero-order chi connectivity index (χ0) is 14.2. The molecule has 2 aromatic rings. The monoisotopic (exact) mass is 397 g/mol. The van der Waals surface area contributed by atoms with Crippen molar-refractivity contribution >= 4 is 31.9 Å². The van der Waals surface area contributed by atoms with Gasteiger partial charge in [0.05, 0.1) is 28.0 Å². The number of halogens is 5. The molecular weight excluding hydrogens is 391 g/mol. The molecule has 1 atom stereocenters. The number of aromatic nitrogens is 3. The Labute approximate surface area is 124 Å². The lowest BCUT2D eigenvalue weighted by molar-refractivity contribution is -0.137. The predicted molar refractivity (Wildman–Crippen MR) is 71.4 cm³/mol. The first-order valence-corrected chi connectivity index (χ1v) is 6.93. The van der Waals surface area contributed by atoms with Gasteiger partial charge in [0.25, 0.3) is 0 Å². The Morgan fingerprint density at radius 1 is 1.32 bits per heavy atom. The minimum Gasteiger partial charge on any atom is -0.220 e. The molecule has 1 aromatic carbocycles. The highest BCUT2D eigenvalue weighted by molar-refractivity contribution is 9.10. The lowest BCUT2D eigenvalue weighted by Crippen LogP contribution is -2.11. The van der Waals surface area contributed by atoms with E-state index in [1.165, 1.54) is 18.3 Å². The fourth-order valence-corrected chi connectivity index (χ4v) is 2.08. The molecule has 0 radical (unpaired) electrons. The molecule has 1 aromatic heterocycles. The van der Waals surface area contributed by atoms with Crippen molar-refractivity contribution in [2.45, 2.75) is 17.9 Å². The maximum absolute atomic E-state index is 13.0. The summed E-state index contributed by atoms with van der Waals surface area (Å²) in [5, 5.41) is 7.56. The van der Waals surface area contributed by atoms with Crippen molar-refractivity contribution < 1.29 is 13.2 Å². The van der Waals surface area contributed by atoms with Gasteiger partial charge in [0.1, 0.15) is 0 Å². The van der Waals surface area contributed by atoms with Crippen LogP contribution in [0.3, 0.4) is 0 Å². The Kier molecular flexibility index (Phi) is 4.00. The van der Waals surface area contributed by atoms with Crippen LogP contribution in [-0.4, -0.2) is 15.0 Å². The molecule has 0 fully saturated rings. The normalized spacial score (nSPS) is 13.6. The summed E-state index contributed by atoms with van der Waals surface area (Å²) in [7, 11) is 0. The van der Waals surface area contributed by atoms with Crippen molar-refractivity contribution in [2.75, 3.05) is 0 Å². The molecule has 19 heavy (non-hydrogen) atoms. The number of hydrogen-bond donors (Lipinski definition) is 0. The van der Waals surface area contributed by atoms with E-state index >= 15 is 0 Å². The standard InChI is InChI=1S/C11H8Br2F3N3/c1-6(12)9-5-19(18-17-9)10-3-2-7(13)4-8(10)11(14,15)16/h2-6H,1H3. The van der Waals surface area contributed by atoms with E-state index in [-0.39, 0.29) is 10.5 Å². The van der Waals surface area contributed by atoms with Gasteiger partial charge in [-0.15, -0.1) is 5.10 Å². The van der Waals surface area contributed by atoms with Crippen molar-refractivity contribution in [3.8, 4) is 5.69 Å². The van der Waals surface area contributed by atoms with E-state index in [1.807, 2.05) is 6.92 Å². The smallest absolute Gasteiger partial charge is 0.220 e. The first-order valence-electron chi connectivity index (χ1n) is 5.22. The Bertz CT molecular complexity index is 593. The van der Waals surface area contributed by atoms with Crippen molar-refractivity contribution in [3.05, 3.63) is 40.1 Å². The molecule has 0 N–H and O–H groups in total. The van der Waals surface area contributed by atoms with Gasteiger partial charge >= 0.3 is 6.18 Å². The Morgan fingerprint density at radius 3 is 2.53 bits per heavy atom. The van der Waals surface area contributed by atoms with E-state index < -0.39 is 11.7 Å². The van der Waals surface area contributed by atoms with Crippen LogP contribution in [0, 0.1) is 0 Å². The second-order valence-electron chi connectivity index (χ2n) is 3.86. The maximum atomic E-state index is 13.0.